The molecule has 6 nitrogen and oxygen atoms in total. The molecular weight excluding hydrogens is 333 g/mol. The standard InChI is InChI=1S/C16H16FN3O3S/c1-11-3-2-4-13(9-11)24(22,23)18-7-8-20-15-6-5-12(17)10-14(15)19-16(20)21/h2-6,9-10,18H,7-8H2,1H3,(H,19,21). The molecule has 2 aromatic carbocycles. The Balaban J connectivity index is 1.77. The molecule has 3 aromatic rings. The summed E-state index contributed by atoms with van der Waals surface area (Å²) in [5, 5.41) is 0. The van der Waals surface area contributed by atoms with Gasteiger partial charge in [0.2, 0.25) is 10.0 Å². The van der Waals surface area contributed by atoms with Crippen LogP contribution in [-0.4, -0.2) is 24.5 Å². The number of aryl methyl sites for hydroxylation is 1. The van der Waals surface area contributed by atoms with E-state index in [0.29, 0.717) is 11.0 Å². The largest absolute Gasteiger partial charge is 0.326 e. The molecular formula is C16H16FN3O3S. The molecule has 0 spiro atoms. The van der Waals surface area contributed by atoms with Crippen LogP contribution in [0, 0.1) is 12.7 Å². The monoisotopic (exact) mass is 349 g/mol. The van der Waals surface area contributed by atoms with Crippen LogP contribution in [0.4, 0.5) is 4.39 Å². The number of benzene rings is 2. The minimum absolute atomic E-state index is 0.0422. The smallest absolute Gasteiger partial charge is 0.305 e. The van der Waals surface area contributed by atoms with Crippen LogP contribution in [0.3, 0.4) is 0 Å². The zero-order valence-corrected chi connectivity index (χ0v) is 13.7. The zero-order chi connectivity index (χ0) is 17.3. The van der Waals surface area contributed by atoms with Gasteiger partial charge in [-0.15, -0.1) is 0 Å². The SMILES string of the molecule is Cc1cccc(S(=O)(=O)NCCn2c(=O)[nH]c3cc(F)ccc32)c1. The van der Waals surface area contributed by atoms with Crippen molar-refractivity contribution in [1.82, 2.24) is 14.3 Å². The van der Waals surface area contributed by atoms with Crippen molar-refractivity contribution in [3.8, 4) is 0 Å². The van der Waals surface area contributed by atoms with Crippen molar-refractivity contribution in [3.05, 3.63) is 64.3 Å². The molecule has 24 heavy (non-hydrogen) atoms. The van der Waals surface area contributed by atoms with E-state index in [0.717, 1.165) is 5.56 Å². The van der Waals surface area contributed by atoms with Crippen LogP contribution in [-0.2, 0) is 16.6 Å². The van der Waals surface area contributed by atoms with Gasteiger partial charge in [-0.3, -0.25) is 4.57 Å². The summed E-state index contributed by atoms with van der Waals surface area (Å²) in [4.78, 5) is 14.6. The molecule has 126 valence electrons. The number of fused-ring (bicyclic) bond motifs is 1. The molecule has 0 amide bonds. The molecule has 0 atom stereocenters. The fourth-order valence-electron chi connectivity index (χ4n) is 2.52. The second kappa shape index (κ2) is 6.21. The quantitative estimate of drug-likeness (QED) is 0.736. The first-order valence-electron chi connectivity index (χ1n) is 7.31. The summed E-state index contributed by atoms with van der Waals surface area (Å²) in [6.45, 7) is 1.99. The number of sulfonamides is 1. The lowest BCUT2D eigenvalue weighted by atomic mass is 10.2. The highest BCUT2D eigenvalue weighted by atomic mass is 32.2. The van der Waals surface area contributed by atoms with Gasteiger partial charge in [-0.05, 0) is 42.8 Å². The molecule has 1 heterocycles. The van der Waals surface area contributed by atoms with Crippen molar-refractivity contribution in [2.24, 2.45) is 0 Å². The number of imidazole rings is 1. The van der Waals surface area contributed by atoms with E-state index in [9.17, 15) is 17.6 Å². The molecule has 0 aliphatic carbocycles. The first-order chi connectivity index (χ1) is 11.4. The minimum atomic E-state index is -3.64. The van der Waals surface area contributed by atoms with Crippen LogP contribution in [0.2, 0.25) is 0 Å². The molecule has 0 radical (unpaired) electrons. The van der Waals surface area contributed by atoms with Gasteiger partial charge in [-0.2, -0.15) is 0 Å². The van der Waals surface area contributed by atoms with Crippen LogP contribution in [0.25, 0.3) is 11.0 Å². The third-order valence-electron chi connectivity index (χ3n) is 3.66. The van der Waals surface area contributed by atoms with Gasteiger partial charge < -0.3 is 4.98 Å². The van der Waals surface area contributed by atoms with Gasteiger partial charge in [-0.1, -0.05) is 12.1 Å². The maximum atomic E-state index is 13.2. The zero-order valence-electron chi connectivity index (χ0n) is 12.9. The van der Waals surface area contributed by atoms with Gasteiger partial charge in [0, 0.05) is 13.1 Å². The number of hydrogen-bond donors (Lipinski definition) is 2. The molecule has 0 bridgehead atoms. The number of halogens is 1. The summed E-state index contributed by atoms with van der Waals surface area (Å²) in [7, 11) is -3.64. The van der Waals surface area contributed by atoms with Crippen LogP contribution in [0.15, 0.2) is 52.2 Å². The molecule has 0 saturated heterocycles. The second-order valence-electron chi connectivity index (χ2n) is 5.46. The Labute approximate surface area is 138 Å². The van der Waals surface area contributed by atoms with Gasteiger partial charge in [0.05, 0.1) is 15.9 Å². The van der Waals surface area contributed by atoms with E-state index in [1.165, 1.54) is 28.8 Å². The number of nitrogens with one attached hydrogen (secondary N) is 2. The predicted molar refractivity (Wildman–Crippen MR) is 88.9 cm³/mol. The molecule has 0 aliphatic rings. The lowest BCUT2D eigenvalue weighted by molar-refractivity contribution is 0.572. The lowest BCUT2D eigenvalue weighted by Gasteiger charge is -2.08. The Kier molecular flexibility index (Phi) is 4.25. The van der Waals surface area contributed by atoms with Gasteiger partial charge >= 0.3 is 5.69 Å². The molecule has 1 aromatic heterocycles. The van der Waals surface area contributed by atoms with E-state index in [4.69, 9.17) is 0 Å². The van der Waals surface area contributed by atoms with Crippen LogP contribution < -0.4 is 10.4 Å². The van der Waals surface area contributed by atoms with Crippen molar-refractivity contribution < 1.29 is 12.8 Å². The maximum Gasteiger partial charge on any atom is 0.326 e. The van der Waals surface area contributed by atoms with Crippen molar-refractivity contribution >= 4 is 21.1 Å². The van der Waals surface area contributed by atoms with E-state index < -0.39 is 21.5 Å². The van der Waals surface area contributed by atoms with Gasteiger partial charge in [0.1, 0.15) is 5.82 Å². The Morgan fingerprint density at radius 1 is 1.21 bits per heavy atom. The molecule has 0 aliphatic heterocycles. The Bertz CT molecular complexity index is 1050. The fraction of sp³-hybridized carbons (Fsp3) is 0.188. The average Bonchev–Trinajstić information content (AvgIpc) is 2.82. The molecule has 2 N–H and O–H groups in total. The van der Waals surface area contributed by atoms with Crippen molar-refractivity contribution in [2.45, 2.75) is 18.4 Å². The lowest BCUT2D eigenvalue weighted by Crippen LogP contribution is -2.30. The number of rotatable bonds is 5. The van der Waals surface area contributed by atoms with Gasteiger partial charge in [-0.25, -0.2) is 22.3 Å². The van der Waals surface area contributed by atoms with E-state index in [-0.39, 0.29) is 18.0 Å². The maximum absolute atomic E-state index is 13.2. The highest BCUT2D eigenvalue weighted by Crippen LogP contribution is 2.12. The van der Waals surface area contributed by atoms with E-state index in [1.807, 2.05) is 13.0 Å². The predicted octanol–water partition coefficient (Wildman–Crippen LogP) is 1.76. The summed E-state index contributed by atoms with van der Waals surface area (Å²) < 4.78 is 41.5. The third kappa shape index (κ3) is 3.24. The van der Waals surface area contributed by atoms with Crippen molar-refractivity contribution in [3.63, 3.8) is 0 Å². The Morgan fingerprint density at radius 3 is 2.75 bits per heavy atom. The first-order valence-corrected chi connectivity index (χ1v) is 8.79. The molecule has 3 rings (SSSR count). The highest BCUT2D eigenvalue weighted by Gasteiger charge is 2.14. The Morgan fingerprint density at radius 2 is 2.00 bits per heavy atom. The van der Waals surface area contributed by atoms with Crippen molar-refractivity contribution in [2.75, 3.05) is 6.54 Å². The summed E-state index contributed by atoms with van der Waals surface area (Å²) in [6, 6.07) is 10.5. The summed E-state index contributed by atoms with van der Waals surface area (Å²) in [5.41, 5.74) is 1.33. The van der Waals surface area contributed by atoms with Crippen molar-refractivity contribution in [1.29, 1.82) is 0 Å². The van der Waals surface area contributed by atoms with Crippen LogP contribution in [0.5, 0.6) is 0 Å². The molecule has 8 heteroatoms. The summed E-state index contributed by atoms with van der Waals surface area (Å²) in [6.07, 6.45) is 0. The summed E-state index contributed by atoms with van der Waals surface area (Å²) >= 11 is 0. The summed E-state index contributed by atoms with van der Waals surface area (Å²) in [5.74, 6) is -0.448. The Hall–Kier alpha value is -2.45. The molecule has 0 fully saturated rings. The first kappa shape index (κ1) is 16.4. The number of hydrogen-bond acceptors (Lipinski definition) is 3. The number of aromatic amines is 1. The normalized spacial score (nSPS) is 11.9. The molecule has 0 saturated carbocycles. The van der Waals surface area contributed by atoms with Crippen LogP contribution >= 0.6 is 0 Å². The number of H-pyrrole nitrogens is 1. The number of aromatic nitrogens is 2. The topological polar surface area (TPSA) is 84.0 Å². The second-order valence-corrected chi connectivity index (χ2v) is 7.22. The average molecular weight is 349 g/mol. The third-order valence-corrected chi connectivity index (χ3v) is 5.12. The molecule has 0 unspecified atom stereocenters. The fourth-order valence-corrected chi connectivity index (χ4v) is 3.64. The number of nitrogens with zero attached hydrogens (tertiary/aromatic N) is 1. The van der Waals surface area contributed by atoms with Gasteiger partial charge in [0.25, 0.3) is 0 Å². The minimum Gasteiger partial charge on any atom is -0.305 e. The van der Waals surface area contributed by atoms with E-state index in [2.05, 4.69) is 9.71 Å². The van der Waals surface area contributed by atoms with Crippen LogP contribution in [0.1, 0.15) is 5.56 Å². The highest BCUT2D eigenvalue weighted by molar-refractivity contribution is 7.89. The van der Waals surface area contributed by atoms with E-state index >= 15 is 0 Å². The van der Waals surface area contributed by atoms with E-state index in [1.54, 1.807) is 12.1 Å². The van der Waals surface area contributed by atoms with Gasteiger partial charge in [0.15, 0.2) is 0 Å².